The minimum Gasteiger partial charge on any atom is -0.497 e. The second-order valence-corrected chi connectivity index (χ2v) is 6.74. The van der Waals surface area contributed by atoms with Crippen LogP contribution in [0, 0.1) is 6.92 Å². The van der Waals surface area contributed by atoms with Crippen molar-refractivity contribution in [3.05, 3.63) is 71.3 Å². The zero-order valence-electron chi connectivity index (χ0n) is 15.5. The highest BCUT2D eigenvalue weighted by molar-refractivity contribution is 5.92. The van der Waals surface area contributed by atoms with Crippen molar-refractivity contribution in [1.29, 1.82) is 0 Å². The van der Waals surface area contributed by atoms with Crippen LogP contribution < -0.4 is 10.1 Å². The van der Waals surface area contributed by atoms with Gasteiger partial charge in [-0.15, -0.1) is 0 Å². The van der Waals surface area contributed by atoms with Gasteiger partial charge in [0.15, 0.2) is 0 Å². The smallest absolute Gasteiger partial charge is 0.270 e. The molecule has 1 amide bonds. The molecule has 0 saturated heterocycles. The van der Waals surface area contributed by atoms with Crippen LogP contribution in [0.5, 0.6) is 5.75 Å². The normalized spacial score (nSPS) is 15.9. The molecule has 2 aromatic heterocycles. The molecule has 1 aliphatic rings. The number of pyridine rings is 1. The first-order valence-electron chi connectivity index (χ1n) is 9.11. The quantitative estimate of drug-likeness (QED) is 0.772. The third-order valence-corrected chi connectivity index (χ3v) is 4.93. The first-order valence-corrected chi connectivity index (χ1v) is 9.11. The van der Waals surface area contributed by atoms with E-state index in [0.29, 0.717) is 5.69 Å². The molecule has 27 heavy (non-hydrogen) atoms. The van der Waals surface area contributed by atoms with E-state index < -0.39 is 0 Å². The summed E-state index contributed by atoms with van der Waals surface area (Å²) < 4.78 is 7.18. The molecule has 6 heteroatoms. The second-order valence-electron chi connectivity index (χ2n) is 6.74. The molecule has 1 N–H and O–H groups in total. The van der Waals surface area contributed by atoms with Crippen molar-refractivity contribution in [2.45, 2.75) is 32.2 Å². The molecule has 0 bridgehead atoms. The zero-order chi connectivity index (χ0) is 18.8. The summed E-state index contributed by atoms with van der Waals surface area (Å²) in [7, 11) is 1.65. The summed E-state index contributed by atoms with van der Waals surface area (Å²) in [5.41, 5.74) is 4.50. The van der Waals surface area contributed by atoms with Gasteiger partial charge in [-0.3, -0.25) is 4.79 Å². The van der Waals surface area contributed by atoms with Crippen LogP contribution in [0.3, 0.4) is 0 Å². The molecule has 6 nitrogen and oxygen atoms in total. The third kappa shape index (κ3) is 3.43. The number of hydrogen-bond donors (Lipinski definition) is 1. The molecule has 0 fully saturated rings. The molecule has 2 heterocycles. The number of ether oxygens (including phenoxy) is 1. The Morgan fingerprint density at radius 3 is 2.78 bits per heavy atom. The lowest BCUT2D eigenvalue weighted by molar-refractivity contribution is 0.0927. The Morgan fingerprint density at radius 2 is 2.04 bits per heavy atom. The fourth-order valence-electron chi connectivity index (χ4n) is 3.55. The number of carbonyl (C=O) groups excluding carboxylic acids is 1. The van der Waals surface area contributed by atoms with Crippen LogP contribution >= 0.6 is 0 Å². The molecule has 0 aliphatic heterocycles. The van der Waals surface area contributed by atoms with E-state index in [9.17, 15) is 4.79 Å². The summed E-state index contributed by atoms with van der Waals surface area (Å²) in [5, 5.41) is 7.70. The summed E-state index contributed by atoms with van der Waals surface area (Å²) in [5.74, 6) is 0.671. The Hall–Kier alpha value is -3.15. The van der Waals surface area contributed by atoms with Crippen molar-refractivity contribution in [2.24, 2.45) is 0 Å². The van der Waals surface area contributed by atoms with Gasteiger partial charge in [-0.05, 0) is 62.6 Å². The molecule has 1 aromatic carbocycles. The maximum Gasteiger partial charge on any atom is 0.270 e. The van der Waals surface area contributed by atoms with Gasteiger partial charge >= 0.3 is 0 Å². The standard InChI is InChI=1S/C21H22N4O2/c1-14-5-3-7-19(23-14)21(26)24-18-6-4-8-20-17(18)13-22-25(20)15-9-11-16(27-2)12-10-15/h3,5,7,9-13,18H,4,6,8H2,1-2H3,(H,24,26). The zero-order valence-corrected chi connectivity index (χ0v) is 15.5. The lowest BCUT2D eigenvalue weighted by Gasteiger charge is -2.24. The predicted octanol–water partition coefficient (Wildman–Crippen LogP) is 3.39. The summed E-state index contributed by atoms with van der Waals surface area (Å²) in [6.07, 6.45) is 4.71. The van der Waals surface area contributed by atoms with E-state index in [4.69, 9.17) is 4.74 Å². The number of methoxy groups -OCH3 is 1. The number of carbonyl (C=O) groups is 1. The van der Waals surface area contributed by atoms with E-state index in [1.54, 1.807) is 13.2 Å². The highest BCUT2D eigenvalue weighted by Gasteiger charge is 2.26. The van der Waals surface area contributed by atoms with Crippen LogP contribution in [0.15, 0.2) is 48.7 Å². The number of fused-ring (bicyclic) bond motifs is 1. The maximum atomic E-state index is 12.6. The van der Waals surface area contributed by atoms with E-state index in [1.165, 1.54) is 0 Å². The lowest BCUT2D eigenvalue weighted by atomic mass is 9.92. The van der Waals surface area contributed by atoms with Crippen LogP contribution in [0.4, 0.5) is 0 Å². The molecule has 4 rings (SSSR count). The molecule has 3 aromatic rings. The summed E-state index contributed by atoms with van der Waals surface area (Å²) in [4.78, 5) is 16.9. The van der Waals surface area contributed by atoms with E-state index >= 15 is 0 Å². The van der Waals surface area contributed by atoms with Crippen molar-refractivity contribution in [2.75, 3.05) is 7.11 Å². The van der Waals surface area contributed by atoms with Crippen molar-refractivity contribution in [3.63, 3.8) is 0 Å². The van der Waals surface area contributed by atoms with Gasteiger partial charge in [0.05, 0.1) is 25.0 Å². The fraction of sp³-hybridized carbons (Fsp3) is 0.286. The highest BCUT2D eigenvalue weighted by Crippen LogP contribution is 2.31. The van der Waals surface area contributed by atoms with Gasteiger partial charge in [-0.1, -0.05) is 6.07 Å². The summed E-state index contributed by atoms with van der Waals surface area (Å²) in [6, 6.07) is 13.3. The minimum absolute atomic E-state index is 0.0458. The maximum absolute atomic E-state index is 12.6. The number of amides is 1. The first kappa shape index (κ1) is 17.3. The van der Waals surface area contributed by atoms with Gasteiger partial charge in [-0.25, -0.2) is 9.67 Å². The molecule has 0 radical (unpaired) electrons. The summed E-state index contributed by atoms with van der Waals surface area (Å²) >= 11 is 0. The number of hydrogen-bond acceptors (Lipinski definition) is 4. The Kier molecular flexibility index (Phi) is 4.62. The van der Waals surface area contributed by atoms with Crippen LogP contribution in [-0.4, -0.2) is 27.8 Å². The van der Waals surface area contributed by atoms with Crippen molar-refractivity contribution in [3.8, 4) is 11.4 Å². The van der Waals surface area contributed by atoms with E-state index in [0.717, 1.165) is 47.7 Å². The van der Waals surface area contributed by atoms with Crippen molar-refractivity contribution in [1.82, 2.24) is 20.1 Å². The van der Waals surface area contributed by atoms with Crippen molar-refractivity contribution < 1.29 is 9.53 Å². The highest BCUT2D eigenvalue weighted by atomic mass is 16.5. The Labute approximate surface area is 158 Å². The number of rotatable bonds is 4. The SMILES string of the molecule is COc1ccc(-n2ncc3c2CCCC3NC(=O)c2cccc(C)n2)cc1. The van der Waals surface area contributed by atoms with Gasteiger partial charge in [0, 0.05) is 17.0 Å². The van der Waals surface area contributed by atoms with Gasteiger partial charge in [-0.2, -0.15) is 5.10 Å². The number of aromatic nitrogens is 3. The second kappa shape index (κ2) is 7.23. The number of nitrogens with one attached hydrogen (secondary N) is 1. The first-order chi connectivity index (χ1) is 13.2. The predicted molar refractivity (Wildman–Crippen MR) is 102 cm³/mol. The molecular weight excluding hydrogens is 340 g/mol. The van der Waals surface area contributed by atoms with Gasteiger partial charge < -0.3 is 10.1 Å². The fourth-order valence-corrected chi connectivity index (χ4v) is 3.55. The minimum atomic E-state index is -0.145. The van der Waals surface area contributed by atoms with Crippen LogP contribution in [-0.2, 0) is 6.42 Å². The monoisotopic (exact) mass is 362 g/mol. The van der Waals surface area contributed by atoms with E-state index in [1.807, 2.05) is 54.2 Å². The van der Waals surface area contributed by atoms with Crippen molar-refractivity contribution >= 4 is 5.91 Å². The number of aryl methyl sites for hydroxylation is 1. The molecule has 1 atom stereocenters. The van der Waals surface area contributed by atoms with Crippen LogP contribution in [0.2, 0.25) is 0 Å². The van der Waals surface area contributed by atoms with Gasteiger partial charge in [0.25, 0.3) is 5.91 Å². The third-order valence-electron chi connectivity index (χ3n) is 4.93. The molecule has 1 unspecified atom stereocenters. The number of benzene rings is 1. The molecule has 138 valence electrons. The summed E-state index contributed by atoms with van der Waals surface area (Å²) in [6.45, 7) is 1.88. The average Bonchev–Trinajstić information content (AvgIpc) is 3.13. The molecule has 0 saturated carbocycles. The Bertz CT molecular complexity index is 963. The van der Waals surface area contributed by atoms with E-state index in [2.05, 4.69) is 15.4 Å². The van der Waals surface area contributed by atoms with Gasteiger partial charge in [0.1, 0.15) is 11.4 Å². The largest absolute Gasteiger partial charge is 0.497 e. The van der Waals surface area contributed by atoms with Gasteiger partial charge in [0.2, 0.25) is 0 Å². The van der Waals surface area contributed by atoms with Crippen LogP contribution in [0.1, 0.15) is 46.3 Å². The number of nitrogens with zero attached hydrogens (tertiary/aromatic N) is 3. The Balaban J connectivity index is 1.59. The average molecular weight is 362 g/mol. The molecular formula is C21H22N4O2. The molecule has 1 aliphatic carbocycles. The Morgan fingerprint density at radius 1 is 1.22 bits per heavy atom. The topological polar surface area (TPSA) is 69.0 Å². The molecule has 0 spiro atoms. The lowest BCUT2D eigenvalue weighted by Crippen LogP contribution is -2.31. The van der Waals surface area contributed by atoms with Crippen LogP contribution in [0.25, 0.3) is 5.69 Å². The van der Waals surface area contributed by atoms with E-state index in [-0.39, 0.29) is 11.9 Å².